The van der Waals surface area contributed by atoms with Crippen molar-refractivity contribution in [3.8, 4) is 0 Å². The topological polar surface area (TPSA) is 38.7 Å². The van der Waals surface area contributed by atoms with E-state index in [1.54, 1.807) is 6.92 Å². The number of nitrogens with zero attached hydrogens (tertiary/aromatic N) is 1. The molecule has 0 spiro atoms. The van der Waals surface area contributed by atoms with Gasteiger partial charge in [-0.15, -0.1) is 0 Å². The molecule has 0 saturated heterocycles. The van der Waals surface area contributed by atoms with Gasteiger partial charge in [-0.25, -0.2) is 0 Å². The van der Waals surface area contributed by atoms with E-state index in [0.717, 1.165) is 17.6 Å². The fourth-order valence-corrected chi connectivity index (χ4v) is 1.40. The molecule has 1 aliphatic heterocycles. The van der Waals surface area contributed by atoms with Crippen LogP contribution in [0.15, 0.2) is 35.5 Å². The van der Waals surface area contributed by atoms with Gasteiger partial charge in [0.25, 0.3) is 0 Å². The summed E-state index contributed by atoms with van der Waals surface area (Å²) in [5, 5.41) is 3.92. The molecule has 72 valence electrons. The van der Waals surface area contributed by atoms with Crippen LogP contribution < -0.4 is 0 Å². The molecular formula is C11H11NO2. The van der Waals surface area contributed by atoms with E-state index in [0.29, 0.717) is 6.42 Å². The second-order valence-electron chi connectivity index (χ2n) is 3.60. The highest BCUT2D eigenvalue weighted by Crippen LogP contribution is 2.24. The average molecular weight is 189 g/mol. The molecule has 0 saturated carbocycles. The van der Waals surface area contributed by atoms with Crippen LogP contribution in [0.2, 0.25) is 0 Å². The predicted octanol–water partition coefficient (Wildman–Crippen LogP) is 1.77. The Balaban J connectivity index is 2.21. The minimum Gasteiger partial charge on any atom is -0.381 e. The Morgan fingerprint density at radius 1 is 1.43 bits per heavy atom. The number of rotatable bonds is 2. The maximum atomic E-state index is 10.7. The molecule has 0 aromatic heterocycles. The molecule has 1 aromatic carbocycles. The largest absolute Gasteiger partial charge is 0.381 e. The Bertz CT molecular complexity index is 372. The Morgan fingerprint density at radius 2 is 2.14 bits per heavy atom. The number of benzene rings is 1. The molecule has 2 rings (SSSR count). The van der Waals surface area contributed by atoms with Gasteiger partial charge in [0.05, 0.1) is 5.71 Å². The smallest absolute Gasteiger partial charge is 0.195 e. The first-order valence-electron chi connectivity index (χ1n) is 4.50. The van der Waals surface area contributed by atoms with Crippen LogP contribution in [0.3, 0.4) is 0 Å². The Morgan fingerprint density at radius 3 is 2.71 bits per heavy atom. The summed E-state index contributed by atoms with van der Waals surface area (Å²) in [6.45, 7) is 1.74. The van der Waals surface area contributed by atoms with Gasteiger partial charge in [-0.3, -0.25) is 4.79 Å². The minimum atomic E-state index is -0.773. The average Bonchev–Trinajstić information content (AvgIpc) is 2.63. The third kappa shape index (κ3) is 1.53. The van der Waals surface area contributed by atoms with Crippen LogP contribution in [-0.2, 0) is 9.63 Å². The summed E-state index contributed by atoms with van der Waals surface area (Å²) in [6, 6.07) is 9.74. The van der Waals surface area contributed by atoms with Crippen LogP contribution in [-0.4, -0.2) is 17.6 Å². The van der Waals surface area contributed by atoms with Crippen LogP contribution in [0.1, 0.15) is 18.9 Å². The maximum absolute atomic E-state index is 10.7. The zero-order chi connectivity index (χ0) is 10.0. The summed E-state index contributed by atoms with van der Waals surface area (Å²) in [5.74, 6) is 0. The number of hydrogen-bond acceptors (Lipinski definition) is 3. The van der Waals surface area contributed by atoms with Crippen molar-refractivity contribution in [3.63, 3.8) is 0 Å². The molecule has 1 heterocycles. The van der Waals surface area contributed by atoms with Crippen molar-refractivity contribution < 1.29 is 9.63 Å². The first-order valence-corrected chi connectivity index (χ1v) is 4.50. The van der Waals surface area contributed by atoms with Crippen LogP contribution in [0, 0.1) is 0 Å². The molecule has 3 nitrogen and oxygen atoms in total. The molecule has 1 unspecified atom stereocenters. The minimum absolute atomic E-state index is 0.542. The fourth-order valence-electron chi connectivity index (χ4n) is 1.40. The Hall–Kier alpha value is -1.64. The van der Waals surface area contributed by atoms with Gasteiger partial charge >= 0.3 is 0 Å². The highest BCUT2D eigenvalue weighted by Gasteiger charge is 2.34. The van der Waals surface area contributed by atoms with E-state index in [1.165, 1.54) is 0 Å². The van der Waals surface area contributed by atoms with Crippen molar-refractivity contribution in [2.45, 2.75) is 18.9 Å². The Labute approximate surface area is 82.4 Å². The lowest BCUT2D eigenvalue weighted by molar-refractivity contribution is -0.125. The lowest BCUT2D eigenvalue weighted by atomic mass is 9.97. The van der Waals surface area contributed by atoms with Gasteiger partial charge < -0.3 is 4.84 Å². The highest BCUT2D eigenvalue weighted by molar-refractivity contribution is 6.03. The van der Waals surface area contributed by atoms with Crippen molar-refractivity contribution in [1.29, 1.82) is 0 Å². The maximum Gasteiger partial charge on any atom is 0.195 e. The van der Waals surface area contributed by atoms with Gasteiger partial charge in [0.1, 0.15) is 0 Å². The summed E-state index contributed by atoms with van der Waals surface area (Å²) < 4.78 is 0. The lowest BCUT2D eigenvalue weighted by Crippen LogP contribution is -2.26. The van der Waals surface area contributed by atoms with Crippen molar-refractivity contribution >= 4 is 12.0 Å². The van der Waals surface area contributed by atoms with Gasteiger partial charge in [-0.1, -0.05) is 35.5 Å². The van der Waals surface area contributed by atoms with E-state index in [1.807, 2.05) is 30.3 Å². The third-order valence-electron chi connectivity index (χ3n) is 2.24. The van der Waals surface area contributed by atoms with Gasteiger partial charge in [0.15, 0.2) is 11.9 Å². The van der Waals surface area contributed by atoms with Crippen LogP contribution in [0.25, 0.3) is 0 Å². The first kappa shape index (κ1) is 8.94. The first-order chi connectivity index (χ1) is 6.73. The normalized spacial score (nSPS) is 25.4. The second-order valence-corrected chi connectivity index (χ2v) is 3.60. The summed E-state index contributed by atoms with van der Waals surface area (Å²) in [5.41, 5.74) is 1.07. The zero-order valence-corrected chi connectivity index (χ0v) is 7.93. The quantitative estimate of drug-likeness (QED) is 0.665. The molecule has 0 amide bonds. The predicted molar refractivity (Wildman–Crippen MR) is 53.2 cm³/mol. The van der Waals surface area contributed by atoms with Crippen molar-refractivity contribution in [3.05, 3.63) is 35.9 Å². The molecule has 1 atom stereocenters. The molecular weight excluding hydrogens is 178 g/mol. The van der Waals surface area contributed by atoms with Gasteiger partial charge in [0, 0.05) is 6.42 Å². The summed E-state index contributed by atoms with van der Waals surface area (Å²) in [7, 11) is 0. The molecule has 0 radical (unpaired) electrons. The summed E-state index contributed by atoms with van der Waals surface area (Å²) in [4.78, 5) is 15.8. The zero-order valence-electron chi connectivity index (χ0n) is 7.93. The van der Waals surface area contributed by atoms with Crippen molar-refractivity contribution in [1.82, 2.24) is 0 Å². The van der Waals surface area contributed by atoms with E-state index >= 15 is 0 Å². The number of oxime groups is 1. The fraction of sp³-hybridized carbons (Fsp3) is 0.273. The molecule has 0 aliphatic carbocycles. The van der Waals surface area contributed by atoms with E-state index in [-0.39, 0.29) is 0 Å². The molecule has 1 aromatic rings. The third-order valence-corrected chi connectivity index (χ3v) is 2.24. The summed E-state index contributed by atoms with van der Waals surface area (Å²) in [6.07, 6.45) is 1.34. The second kappa shape index (κ2) is 3.25. The Kier molecular flexibility index (Phi) is 2.08. The number of carbonyl (C=O) groups excluding carboxylic acids is 1. The molecule has 1 aliphatic rings. The molecule has 0 bridgehead atoms. The monoisotopic (exact) mass is 189 g/mol. The van der Waals surface area contributed by atoms with E-state index in [2.05, 4.69) is 5.16 Å². The van der Waals surface area contributed by atoms with E-state index in [4.69, 9.17) is 4.84 Å². The number of hydrogen-bond donors (Lipinski definition) is 0. The molecule has 0 N–H and O–H groups in total. The van der Waals surface area contributed by atoms with Gasteiger partial charge in [-0.2, -0.15) is 0 Å². The standard InChI is InChI=1S/C11H11NO2/c1-11(8-13)7-10(12-14-11)9-5-3-2-4-6-9/h2-6,8H,7H2,1H3. The van der Waals surface area contributed by atoms with Crippen molar-refractivity contribution in [2.24, 2.45) is 5.16 Å². The van der Waals surface area contributed by atoms with Gasteiger partial charge in [-0.05, 0) is 12.5 Å². The molecule has 0 fully saturated rings. The number of aldehydes is 1. The number of carbonyl (C=O) groups is 1. The van der Waals surface area contributed by atoms with E-state index in [9.17, 15) is 4.79 Å². The summed E-state index contributed by atoms with van der Waals surface area (Å²) >= 11 is 0. The van der Waals surface area contributed by atoms with Crippen LogP contribution >= 0.6 is 0 Å². The highest BCUT2D eigenvalue weighted by atomic mass is 16.7. The van der Waals surface area contributed by atoms with Crippen molar-refractivity contribution in [2.75, 3.05) is 0 Å². The van der Waals surface area contributed by atoms with E-state index < -0.39 is 5.60 Å². The molecule has 3 heteroatoms. The van der Waals surface area contributed by atoms with Crippen LogP contribution in [0.5, 0.6) is 0 Å². The van der Waals surface area contributed by atoms with Gasteiger partial charge in [0.2, 0.25) is 0 Å². The lowest BCUT2D eigenvalue weighted by Gasteiger charge is -2.11. The molecule has 14 heavy (non-hydrogen) atoms. The SMILES string of the molecule is CC1(C=O)CC(c2ccccc2)=NO1. The van der Waals surface area contributed by atoms with Crippen LogP contribution in [0.4, 0.5) is 0 Å².